The van der Waals surface area contributed by atoms with E-state index in [0.29, 0.717) is 25.9 Å². The first-order valence-corrected chi connectivity index (χ1v) is 5.80. The maximum atomic E-state index is 11.7. The van der Waals surface area contributed by atoms with Crippen molar-refractivity contribution in [1.29, 1.82) is 0 Å². The molecule has 1 N–H and O–H groups in total. The van der Waals surface area contributed by atoms with Gasteiger partial charge in [0.05, 0.1) is 0 Å². The summed E-state index contributed by atoms with van der Waals surface area (Å²) in [5, 5.41) is 2.60. The van der Waals surface area contributed by atoms with E-state index in [9.17, 15) is 9.59 Å². The Hall–Kier alpha value is -1.84. The molecule has 4 heteroatoms. The fourth-order valence-electron chi connectivity index (χ4n) is 2.07. The van der Waals surface area contributed by atoms with Gasteiger partial charge in [-0.25, -0.2) is 0 Å². The van der Waals surface area contributed by atoms with E-state index in [-0.39, 0.29) is 11.7 Å². The smallest absolute Gasteiger partial charge is 0.221 e. The van der Waals surface area contributed by atoms with Crippen LogP contribution in [0.15, 0.2) is 24.3 Å². The number of Topliss-reactive ketones (excluding diaryl/α,β-unsaturated/α-hetero) is 1. The molecular weight excluding hydrogens is 216 g/mol. The molecule has 1 aliphatic rings. The third kappa shape index (κ3) is 2.46. The molecule has 1 aromatic rings. The number of anilines is 1. The molecule has 2 rings (SSSR count). The topological polar surface area (TPSA) is 49.4 Å². The fourth-order valence-corrected chi connectivity index (χ4v) is 2.07. The van der Waals surface area contributed by atoms with Crippen LogP contribution in [0.3, 0.4) is 0 Å². The van der Waals surface area contributed by atoms with Gasteiger partial charge in [0.25, 0.3) is 0 Å². The Morgan fingerprint density at radius 1 is 1.41 bits per heavy atom. The molecular formula is C13H16N2O2. The zero-order valence-corrected chi connectivity index (χ0v) is 9.90. The average Bonchev–Trinajstić information content (AvgIpc) is 2.38. The molecule has 0 fully saturated rings. The highest BCUT2D eigenvalue weighted by molar-refractivity contribution is 6.03. The highest BCUT2D eigenvalue weighted by Crippen LogP contribution is 2.26. The van der Waals surface area contributed by atoms with Gasteiger partial charge in [0.15, 0.2) is 5.78 Å². The summed E-state index contributed by atoms with van der Waals surface area (Å²) in [5.74, 6) is 0.219. The Labute approximate surface area is 101 Å². The summed E-state index contributed by atoms with van der Waals surface area (Å²) in [7, 11) is 1.63. The van der Waals surface area contributed by atoms with E-state index in [1.54, 1.807) is 7.05 Å². The number of benzene rings is 1. The Balaban J connectivity index is 2.13. The van der Waals surface area contributed by atoms with E-state index in [1.807, 2.05) is 24.3 Å². The summed E-state index contributed by atoms with van der Waals surface area (Å²) in [5.41, 5.74) is 1.73. The number of hydrogen-bond acceptors (Lipinski definition) is 3. The van der Waals surface area contributed by atoms with Crippen molar-refractivity contribution >= 4 is 17.4 Å². The van der Waals surface area contributed by atoms with Crippen molar-refractivity contribution in [3.8, 4) is 0 Å². The number of rotatable bonds is 3. The van der Waals surface area contributed by atoms with Crippen LogP contribution in [0, 0.1) is 0 Å². The summed E-state index contributed by atoms with van der Waals surface area (Å²) in [6, 6.07) is 7.59. The van der Waals surface area contributed by atoms with Gasteiger partial charge in [-0.2, -0.15) is 0 Å². The number of nitrogens with zero attached hydrogens (tertiary/aromatic N) is 1. The first kappa shape index (κ1) is 11.6. The van der Waals surface area contributed by atoms with Crippen LogP contribution in [0.5, 0.6) is 0 Å². The van der Waals surface area contributed by atoms with Gasteiger partial charge in [-0.05, 0) is 12.1 Å². The molecule has 17 heavy (non-hydrogen) atoms. The molecule has 0 bridgehead atoms. The van der Waals surface area contributed by atoms with Gasteiger partial charge in [-0.1, -0.05) is 12.1 Å². The molecule has 0 radical (unpaired) electrons. The van der Waals surface area contributed by atoms with Crippen LogP contribution in [0.1, 0.15) is 23.2 Å². The van der Waals surface area contributed by atoms with Crippen LogP contribution in [-0.4, -0.2) is 31.8 Å². The Morgan fingerprint density at radius 2 is 2.18 bits per heavy atom. The van der Waals surface area contributed by atoms with E-state index in [4.69, 9.17) is 0 Å². The first-order valence-electron chi connectivity index (χ1n) is 5.80. The highest BCUT2D eigenvalue weighted by atomic mass is 16.1. The molecule has 1 heterocycles. The third-order valence-electron chi connectivity index (χ3n) is 3.04. The van der Waals surface area contributed by atoms with Crippen molar-refractivity contribution in [2.45, 2.75) is 12.8 Å². The molecule has 0 saturated carbocycles. The lowest BCUT2D eigenvalue weighted by Crippen LogP contribution is -2.35. The van der Waals surface area contributed by atoms with Gasteiger partial charge in [0, 0.05) is 44.2 Å². The van der Waals surface area contributed by atoms with E-state index in [2.05, 4.69) is 10.2 Å². The lowest BCUT2D eigenvalue weighted by Gasteiger charge is -2.30. The van der Waals surface area contributed by atoms with Gasteiger partial charge in [-0.15, -0.1) is 0 Å². The Morgan fingerprint density at radius 3 is 2.94 bits per heavy atom. The van der Waals surface area contributed by atoms with Crippen LogP contribution < -0.4 is 10.2 Å². The predicted molar refractivity (Wildman–Crippen MR) is 66.3 cm³/mol. The van der Waals surface area contributed by atoms with Gasteiger partial charge in [0.2, 0.25) is 5.91 Å². The van der Waals surface area contributed by atoms with E-state index < -0.39 is 0 Å². The lowest BCUT2D eigenvalue weighted by atomic mass is 10.0. The van der Waals surface area contributed by atoms with E-state index >= 15 is 0 Å². The van der Waals surface area contributed by atoms with Gasteiger partial charge in [-0.3, -0.25) is 9.59 Å². The molecule has 0 saturated heterocycles. The second-order valence-electron chi connectivity index (χ2n) is 4.10. The number of nitrogens with one attached hydrogen (secondary N) is 1. The number of carbonyl (C=O) groups excluding carboxylic acids is 2. The third-order valence-corrected chi connectivity index (χ3v) is 3.04. The van der Waals surface area contributed by atoms with Gasteiger partial charge < -0.3 is 10.2 Å². The van der Waals surface area contributed by atoms with Gasteiger partial charge >= 0.3 is 0 Å². The molecule has 0 aromatic heterocycles. The summed E-state index contributed by atoms with van der Waals surface area (Å²) in [4.78, 5) is 25.0. The van der Waals surface area contributed by atoms with Crippen LogP contribution in [0.25, 0.3) is 0 Å². The van der Waals surface area contributed by atoms with Crippen molar-refractivity contribution in [2.75, 3.05) is 25.0 Å². The molecule has 1 aliphatic heterocycles. The number of amides is 1. The molecule has 0 aliphatic carbocycles. The van der Waals surface area contributed by atoms with Crippen LogP contribution in [0.4, 0.5) is 5.69 Å². The highest BCUT2D eigenvalue weighted by Gasteiger charge is 2.22. The van der Waals surface area contributed by atoms with Crippen molar-refractivity contribution in [2.24, 2.45) is 0 Å². The Kier molecular flexibility index (Phi) is 3.42. The number of ketones is 1. The molecule has 1 aromatic carbocycles. The summed E-state index contributed by atoms with van der Waals surface area (Å²) in [6.07, 6.45) is 0.990. The van der Waals surface area contributed by atoms with E-state index in [0.717, 1.165) is 11.3 Å². The van der Waals surface area contributed by atoms with E-state index in [1.165, 1.54) is 0 Å². The second-order valence-corrected chi connectivity index (χ2v) is 4.10. The number of fused-ring (bicyclic) bond motifs is 1. The number of para-hydroxylation sites is 1. The minimum Gasteiger partial charge on any atom is -0.370 e. The summed E-state index contributed by atoms with van der Waals surface area (Å²) >= 11 is 0. The quantitative estimate of drug-likeness (QED) is 0.852. The standard InChI is InChI=1S/C13H16N2O2/c1-14-13(17)7-9-15-8-6-12(16)10-4-2-3-5-11(10)15/h2-5H,6-9H2,1H3,(H,14,17). The van der Waals surface area contributed by atoms with Crippen LogP contribution in [0.2, 0.25) is 0 Å². The van der Waals surface area contributed by atoms with Crippen LogP contribution in [-0.2, 0) is 4.79 Å². The van der Waals surface area contributed by atoms with Crippen molar-refractivity contribution < 1.29 is 9.59 Å². The second kappa shape index (κ2) is 4.99. The normalized spacial score (nSPS) is 14.4. The molecule has 0 unspecified atom stereocenters. The number of carbonyl (C=O) groups is 2. The zero-order valence-electron chi connectivity index (χ0n) is 9.90. The zero-order chi connectivity index (χ0) is 12.3. The van der Waals surface area contributed by atoms with Crippen molar-refractivity contribution in [1.82, 2.24) is 5.32 Å². The van der Waals surface area contributed by atoms with Crippen molar-refractivity contribution in [3.63, 3.8) is 0 Å². The maximum absolute atomic E-state index is 11.7. The lowest BCUT2D eigenvalue weighted by molar-refractivity contribution is -0.120. The molecule has 0 atom stereocenters. The molecule has 90 valence electrons. The first-order chi connectivity index (χ1) is 8.22. The van der Waals surface area contributed by atoms with Crippen LogP contribution >= 0.6 is 0 Å². The largest absolute Gasteiger partial charge is 0.370 e. The molecule has 4 nitrogen and oxygen atoms in total. The maximum Gasteiger partial charge on any atom is 0.221 e. The van der Waals surface area contributed by atoms with Gasteiger partial charge in [0.1, 0.15) is 0 Å². The summed E-state index contributed by atoms with van der Waals surface area (Å²) < 4.78 is 0. The molecule has 0 spiro atoms. The minimum atomic E-state index is 0.0272. The fraction of sp³-hybridized carbons (Fsp3) is 0.385. The number of hydrogen-bond donors (Lipinski definition) is 1. The Bertz CT molecular complexity index is 443. The average molecular weight is 232 g/mol. The van der Waals surface area contributed by atoms with Crippen molar-refractivity contribution in [3.05, 3.63) is 29.8 Å². The monoisotopic (exact) mass is 232 g/mol. The minimum absolute atomic E-state index is 0.0272. The predicted octanol–water partition coefficient (Wildman–Crippen LogP) is 1.22. The summed E-state index contributed by atoms with van der Waals surface area (Å²) in [6.45, 7) is 1.36. The SMILES string of the molecule is CNC(=O)CCN1CCC(=O)c2ccccc21. The molecule has 1 amide bonds.